The van der Waals surface area contributed by atoms with E-state index in [1.807, 2.05) is 0 Å². The summed E-state index contributed by atoms with van der Waals surface area (Å²) < 4.78 is 10.4. The minimum absolute atomic E-state index is 0.236. The second kappa shape index (κ2) is 9.21. The summed E-state index contributed by atoms with van der Waals surface area (Å²) >= 11 is 7.14. The summed E-state index contributed by atoms with van der Waals surface area (Å²) in [4.78, 5) is 37.5. The Morgan fingerprint density at radius 2 is 1.88 bits per heavy atom. The number of hydrogen-bond acceptors (Lipinski definition) is 6. The van der Waals surface area contributed by atoms with Crippen LogP contribution in [0.4, 0.5) is 5.00 Å². The Morgan fingerprint density at radius 3 is 2.62 bits per heavy atom. The molecule has 0 aliphatic heterocycles. The van der Waals surface area contributed by atoms with Gasteiger partial charge in [0.1, 0.15) is 22.4 Å². The third kappa shape index (κ3) is 4.34. The number of nitrogens with one attached hydrogen (secondary N) is 1. The Bertz CT molecular complexity index is 1400. The van der Waals surface area contributed by atoms with Crippen LogP contribution in [0.2, 0.25) is 5.02 Å². The van der Waals surface area contributed by atoms with Gasteiger partial charge in [0, 0.05) is 22.0 Å². The van der Waals surface area contributed by atoms with Crippen LogP contribution in [-0.2, 0) is 9.53 Å². The van der Waals surface area contributed by atoms with Crippen molar-refractivity contribution in [3.63, 3.8) is 0 Å². The van der Waals surface area contributed by atoms with Gasteiger partial charge in [0.15, 0.2) is 5.43 Å². The highest BCUT2D eigenvalue weighted by molar-refractivity contribution is 7.15. The van der Waals surface area contributed by atoms with E-state index in [-0.39, 0.29) is 16.6 Å². The van der Waals surface area contributed by atoms with Crippen LogP contribution in [0.1, 0.15) is 15.9 Å². The maximum absolute atomic E-state index is 12.6. The number of anilines is 1. The number of benzene rings is 2. The number of thiophene rings is 1. The number of ether oxygens (including phenoxy) is 1. The summed E-state index contributed by atoms with van der Waals surface area (Å²) in [5.74, 6) is -1.09. The van der Waals surface area contributed by atoms with Gasteiger partial charge in [-0.1, -0.05) is 35.9 Å². The molecule has 1 amide bonds. The molecule has 0 saturated carbocycles. The van der Waals surface area contributed by atoms with Gasteiger partial charge in [0.2, 0.25) is 5.91 Å². The van der Waals surface area contributed by atoms with Gasteiger partial charge < -0.3 is 14.5 Å². The molecule has 0 aliphatic carbocycles. The fourth-order valence-electron chi connectivity index (χ4n) is 3.12. The van der Waals surface area contributed by atoms with Gasteiger partial charge in [-0.15, -0.1) is 11.3 Å². The van der Waals surface area contributed by atoms with Crippen LogP contribution in [-0.4, -0.2) is 19.0 Å². The Balaban J connectivity index is 1.61. The maximum atomic E-state index is 12.6. The van der Waals surface area contributed by atoms with Gasteiger partial charge in [-0.25, -0.2) is 4.79 Å². The summed E-state index contributed by atoms with van der Waals surface area (Å²) in [6.07, 6.45) is 3.89. The zero-order valence-electron chi connectivity index (χ0n) is 16.8. The molecule has 0 aliphatic rings. The van der Waals surface area contributed by atoms with Gasteiger partial charge in [0.05, 0.1) is 18.1 Å². The van der Waals surface area contributed by atoms with E-state index < -0.39 is 11.9 Å². The molecule has 160 valence electrons. The Hall–Kier alpha value is -3.68. The van der Waals surface area contributed by atoms with E-state index in [2.05, 4.69) is 5.32 Å². The van der Waals surface area contributed by atoms with Gasteiger partial charge in [-0.05, 0) is 35.9 Å². The lowest BCUT2D eigenvalue weighted by molar-refractivity contribution is -0.111. The molecule has 4 aromatic rings. The molecule has 0 radical (unpaired) electrons. The van der Waals surface area contributed by atoms with Gasteiger partial charge in [-0.3, -0.25) is 9.59 Å². The Labute approximate surface area is 191 Å². The summed E-state index contributed by atoms with van der Waals surface area (Å²) in [6.45, 7) is 0. The fourth-order valence-corrected chi connectivity index (χ4v) is 4.21. The van der Waals surface area contributed by atoms with E-state index in [4.69, 9.17) is 20.8 Å². The average Bonchev–Trinajstić information content (AvgIpc) is 3.22. The molecule has 2 aromatic heterocycles. The van der Waals surface area contributed by atoms with E-state index in [1.54, 1.807) is 53.9 Å². The van der Waals surface area contributed by atoms with Crippen molar-refractivity contribution in [3.8, 4) is 11.1 Å². The summed E-state index contributed by atoms with van der Waals surface area (Å²) in [6, 6.07) is 13.8. The number of para-hydroxylation sites is 1. The third-order valence-electron chi connectivity index (χ3n) is 4.69. The van der Waals surface area contributed by atoms with Crippen LogP contribution in [0.5, 0.6) is 0 Å². The topological polar surface area (TPSA) is 85.6 Å². The first-order valence-corrected chi connectivity index (χ1v) is 10.7. The molecule has 0 fully saturated rings. The first kappa shape index (κ1) is 21.5. The van der Waals surface area contributed by atoms with Crippen molar-refractivity contribution in [2.24, 2.45) is 0 Å². The van der Waals surface area contributed by atoms with E-state index in [1.165, 1.54) is 36.9 Å². The quantitative estimate of drug-likeness (QED) is 0.305. The number of hydrogen-bond donors (Lipinski definition) is 1. The van der Waals surface area contributed by atoms with Gasteiger partial charge in [0.25, 0.3) is 0 Å². The summed E-state index contributed by atoms with van der Waals surface area (Å²) in [7, 11) is 1.27. The van der Waals surface area contributed by atoms with Crippen LogP contribution in [0.25, 0.3) is 28.2 Å². The molecule has 1 N–H and O–H groups in total. The second-order valence-electron chi connectivity index (χ2n) is 6.69. The highest BCUT2D eigenvalue weighted by Crippen LogP contribution is 2.36. The highest BCUT2D eigenvalue weighted by atomic mass is 35.5. The van der Waals surface area contributed by atoms with Crippen molar-refractivity contribution in [1.82, 2.24) is 0 Å². The molecule has 4 rings (SSSR count). The predicted octanol–water partition coefficient (Wildman–Crippen LogP) is 5.61. The minimum atomic E-state index is -0.578. The molecule has 0 unspecified atom stereocenters. The first-order chi connectivity index (χ1) is 15.5. The number of carbonyl (C=O) groups excluding carboxylic acids is 2. The molecule has 2 aromatic carbocycles. The monoisotopic (exact) mass is 465 g/mol. The normalized spacial score (nSPS) is 11.1. The predicted molar refractivity (Wildman–Crippen MR) is 126 cm³/mol. The molecular weight excluding hydrogens is 450 g/mol. The molecule has 2 heterocycles. The number of rotatable bonds is 5. The van der Waals surface area contributed by atoms with E-state index >= 15 is 0 Å². The summed E-state index contributed by atoms with van der Waals surface area (Å²) in [5, 5.41) is 5.77. The number of carbonyl (C=O) groups is 2. The Kier molecular flexibility index (Phi) is 6.20. The average molecular weight is 466 g/mol. The zero-order chi connectivity index (χ0) is 22.7. The SMILES string of the molecule is COC(=O)c1c(-c2ccc(Cl)cc2)csc1NC(=O)/C=C/c1coc2ccccc2c1=O. The molecule has 32 heavy (non-hydrogen) atoms. The van der Waals surface area contributed by atoms with Crippen molar-refractivity contribution in [2.45, 2.75) is 0 Å². The zero-order valence-corrected chi connectivity index (χ0v) is 18.3. The first-order valence-electron chi connectivity index (χ1n) is 9.43. The number of fused-ring (bicyclic) bond motifs is 1. The molecule has 0 bridgehead atoms. The van der Waals surface area contributed by atoms with Crippen molar-refractivity contribution < 1.29 is 18.7 Å². The van der Waals surface area contributed by atoms with Crippen molar-refractivity contribution in [1.29, 1.82) is 0 Å². The van der Waals surface area contributed by atoms with Crippen LogP contribution in [0.3, 0.4) is 0 Å². The van der Waals surface area contributed by atoms with Crippen LogP contribution >= 0.6 is 22.9 Å². The molecule has 0 spiro atoms. The number of methoxy groups -OCH3 is 1. The lowest BCUT2D eigenvalue weighted by Crippen LogP contribution is -2.12. The number of amides is 1. The highest BCUT2D eigenvalue weighted by Gasteiger charge is 2.22. The van der Waals surface area contributed by atoms with Crippen molar-refractivity contribution in [2.75, 3.05) is 12.4 Å². The van der Waals surface area contributed by atoms with Crippen molar-refractivity contribution in [3.05, 3.63) is 92.6 Å². The lowest BCUT2D eigenvalue weighted by Gasteiger charge is -2.07. The van der Waals surface area contributed by atoms with Gasteiger partial charge in [-0.2, -0.15) is 0 Å². The van der Waals surface area contributed by atoms with Crippen molar-refractivity contribution >= 4 is 56.9 Å². The maximum Gasteiger partial charge on any atom is 0.341 e. The minimum Gasteiger partial charge on any atom is -0.465 e. The smallest absolute Gasteiger partial charge is 0.341 e. The van der Waals surface area contributed by atoms with Crippen LogP contribution in [0.15, 0.2) is 75.5 Å². The van der Waals surface area contributed by atoms with Crippen LogP contribution in [0, 0.1) is 0 Å². The van der Waals surface area contributed by atoms with E-state index in [9.17, 15) is 14.4 Å². The largest absolute Gasteiger partial charge is 0.465 e. The number of halogens is 1. The number of esters is 1. The standard InChI is InChI=1S/C24H16ClNO5S/c1-30-24(29)21-18(14-6-9-16(25)10-7-14)13-32-23(21)26-20(27)11-8-15-12-31-19-5-3-2-4-17(19)22(15)28/h2-13H,1H3,(H,26,27)/b11-8+. The lowest BCUT2D eigenvalue weighted by atomic mass is 10.0. The van der Waals surface area contributed by atoms with Crippen LogP contribution < -0.4 is 10.7 Å². The molecule has 6 nitrogen and oxygen atoms in total. The molecule has 0 atom stereocenters. The van der Waals surface area contributed by atoms with E-state index in [0.29, 0.717) is 26.6 Å². The van der Waals surface area contributed by atoms with Gasteiger partial charge >= 0.3 is 5.97 Å². The summed E-state index contributed by atoms with van der Waals surface area (Å²) in [5.41, 5.74) is 2.08. The molecule has 0 saturated heterocycles. The second-order valence-corrected chi connectivity index (χ2v) is 8.01. The van der Waals surface area contributed by atoms with E-state index in [0.717, 1.165) is 5.56 Å². The third-order valence-corrected chi connectivity index (χ3v) is 5.84. The molecular formula is C24H16ClNO5S. The molecule has 8 heteroatoms. The fraction of sp³-hybridized carbons (Fsp3) is 0.0417. The Morgan fingerprint density at radius 1 is 1.12 bits per heavy atom.